The Morgan fingerprint density at radius 1 is 1.02 bits per heavy atom. The molecule has 0 aliphatic carbocycles. The van der Waals surface area contributed by atoms with Crippen LogP contribution in [0.3, 0.4) is 0 Å². The van der Waals surface area contributed by atoms with Crippen molar-refractivity contribution < 1.29 is 19.4 Å². The molecule has 5 heterocycles. The molecule has 0 spiro atoms. The Hall–Kier alpha value is -4.87. The number of hydrogen-bond donors (Lipinski definition) is 2. The molecule has 3 aromatic heterocycles. The number of carbonyl (C=O) groups is 2. The number of rotatable bonds is 7. The van der Waals surface area contributed by atoms with Gasteiger partial charge in [-0.25, -0.2) is 14.8 Å². The first-order valence-electron chi connectivity index (χ1n) is 16.6. The summed E-state index contributed by atoms with van der Waals surface area (Å²) in [5.41, 5.74) is 8.74. The number of thiazole rings is 1. The van der Waals surface area contributed by atoms with Crippen LogP contribution >= 0.6 is 11.3 Å². The lowest BCUT2D eigenvalue weighted by Crippen LogP contribution is -2.33. The Labute approximate surface area is 289 Å². The number of carboxylic acid groups (broad SMARTS) is 1. The van der Waals surface area contributed by atoms with Gasteiger partial charge in [-0.05, 0) is 93.6 Å². The minimum Gasteiger partial charge on any atom is -0.481 e. The molecule has 1 amide bonds. The zero-order valence-electron chi connectivity index (χ0n) is 28.4. The molecule has 2 aliphatic rings. The molecule has 0 radical (unpaired) electrons. The van der Waals surface area contributed by atoms with E-state index in [4.69, 9.17) is 14.7 Å². The molecule has 7 rings (SSSR count). The molecule has 11 heteroatoms. The Kier molecular flexibility index (Phi) is 8.58. The molecule has 49 heavy (non-hydrogen) atoms. The summed E-state index contributed by atoms with van der Waals surface area (Å²) >= 11 is 1.64. The van der Waals surface area contributed by atoms with Gasteiger partial charge in [-0.15, -0.1) is 11.3 Å². The third-order valence-electron chi connectivity index (χ3n) is 9.23. The summed E-state index contributed by atoms with van der Waals surface area (Å²) in [5.74, 6) is -0.342. The summed E-state index contributed by atoms with van der Waals surface area (Å²) < 4.78 is 5.57. The smallest absolute Gasteiger partial charge is 0.410 e. The van der Waals surface area contributed by atoms with Gasteiger partial charge in [-0.3, -0.25) is 19.6 Å². The molecular weight excluding hydrogens is 637 g/mol. The fourth-order valence-corrected chi connectivity index (χ4v) is 7.85. The number of hydrogen-bond acceptors (Lipinski definition) is 9. The van der Waals surface area contributed by atoms with Gasteiger partial charge < -0.3 is 15.2 Å². The van der Waals surface area contributed by atoms with Crippen LogP contribution in [0.1, 0.15) is 54.5 Å². The van der Waals surface area contributed by atoms with Crippen LogP contribution in [0.25, 0.3) is 32.6 Å². The van der Waals surface area contributed by atoms with E-state index in [2.05, 4.69) is 71.5 Å². The first-order valence-corrected chi connectivity index (χ1v) is 17.4. The number of carbonyl (C=O) groups excluding carboxylic acids is 1. The van der Waals surface area contributed by atoms with Gasteiger partial charge in [0.1, 0.15) is 16.1 Å². The third-order valence-corrected chi connectivity index (χ3v) is 10.3. The fraction of sp³-hybridized carbons (Fsp3) is 0.342. The number of pyridine rings is 2. The highest BCUT2D eigenvalue weighted by Gasteiger charge is 2.31. The van der Waals surface area contributed by atoms with Crippen LogP contribution in [0.5, 0.6) is 0 Å². The van der Waals surface area contributed by atoms with Crippen molar-refractivity contribution in [3.63, 3.8) is 0 Å². The largest absolute Gasteiger partial charge is 0.481 e. The third kappa shape index (κ3) is 6.73. The van der Waals surface area contributed by atoms with E-state index >= 15 is 0 Å². The van der Waals surface area contributed by atoms with E-state index < -0.39 is 11.6 Å². The molecular formula is C38H40N6O4S. The number of fused-ring (bicyclic) bond motifs is 2. The number of benzene rings is 2. The summed E-state index contributed by atoms with van der Waals surface area (Å²) in [7, 11) is 0. The second-order valence-corrected chi connectivity index (χ2v) is 15.0. The predicted octanol–water partition coefficient (Wildman–Crippen LogP) is 7.94. The van der Waals surface area contributed by atoms with Gasteiger partial charge in [0, 0.05) is 47.0 Å². The molecule has 252 valence electrons. The SMILES string of the molecule is Cc1c(Nc2nccc3cc(CN4CC[C@@H](C(=O)O)C4)cnc23)cccc1-c1cccc(-c2nc3c(s2)CN(C(=O)OC(C)(C)C)C3)c1C. The predicted molar refractivity (Wildman–Crippen MR) is 192 cm³/mol. The summed E-state index contributed by atoms with van der Waals surface area (Å²) in [5, 5.41) is 14.8. The maximum Gasteiger partial charge on any atom is 0.410 e. The fourth-order valence-electron chi connectivity index (χ4n) is 6.68. The second kappa shape index (κ2) is 12.9. The van der Waals surface area contributed by atoms with Crippen LogP contribution in [-0.2, 0) is 29.2 Å². The average Bonchev–Trinajstić information content (AvgIpc) is 3.78. The van der Waals surface area contributed by atoms with Crippen LogP contribution < -0.4 is 5.32 Å². The van der Waals surface area contributed by atoms with E-state index in [-0.39, 0.29) is 12.0 Å². The molecule has 1 fully saturated rings. The average molecular weight is 677 g/mol. The van der Waals surface area contributed by atoms with Crippen LogP contribution in [0.2, 0.25) is 0 Å². The van der Waals surface area contributed by atoms with E-state index in [1.165, 1.54) is 0 Å². The Bertz CT molecular complexity index is 2060. The highest BCUT2D eigenvalue weighted by atomic mass is 32.1. The quantitative estimate of drug-likeness (QED) is 0.177. The van der Waals surface area contributed by atoms with Gasteiger partial charge in [0.15, 0.2) is 5.82 Å². The number of aromatic nitrogens is 3. The van der Waals surface area contributed by atoms with Crippen molar-refractivity contribution in [1.29, 1.82) is 0 Å². The van der Waals surface area contributed by atoms with Gasteiger partial charge in [0.25, 0.3) is 0 Å². The van der Waals surface area contributed by atoms with Crippen LogP contribution in [0, 0.1) is 19.8 Å². The van der Waals surface area contributed by atoms with Crippen molar-refractivity contribution in [1.82, 2.24) is 24.8 Å². The maximum atomic E-state index is 12.6. The van der Waals surface area contributed by atoms with E-state index in [0.29, 0.717) is 38.4 Å². The monoisotopic (exact) mass is 676 g/mol. The van der Waals surface area contributed by atoms with Gasteiger partial charge >= 0.3 is 12.1 Å². The van der Waals surface area contributed by atoms with Gasteiger partial charge in [-0.2, -0.15) is 0 Å². The first-order chi connectivity index (χ1) is 23.4. The number of nitrogens with one attached hydrogen (secondary N) is 1. The molecule has 2 aromatic carbocycles. The normalized spacial score (nSPS) is 16.3. The van der Waals surface area contributed by atoms with E-state index in [1.54, 1.807) is 22.4 Å². The number of ether oxygens (including phenoxy) is 1. The topological polar surface area (TPSA) is 121 Å². The summed E-state index contributed by atoms with van der Waals surface area (Å²) in [6, 6.07) is 16.7. The molecule has 0 unspecified atom stereocenters. The van der Waals surface area contributed by atoms with Gasteiger partial charge in [-0.1, -0.05) is 30.3 Å². The number of likely N-dealkylation sites (tertiary alicyclic amines) is 1. The zero-order valence-corrected chi connectivity index (χ0v) is 29.2. The van der Waals surface area contributed by atoms with Crippen molar-refractivity contribution in [2.24, 2.45) is 5.92 Å². The first kappa shape index (κ1) is 32.7. The van der Waals surface area contributed by atoms with Crippen molar-refractivity contribution >= 4 is 45.8 Å². The standard InChI is InChI=1S/C38H40N6O4S/c1-22-27(8-6-10-29(22)35-42-31-20-44(21-32(31)49-35)37(47)48-38(3,4)5)28-9-7-11-30(23(28)2)41-34-33-25(12-14-39-34)16-24(17-40-33)18-43-15-13-26(19-43)36(45)46/h6-12,14,16-17,26H,13,15,18-21H2,1-5H3,(H,39,41)(H,45,46)/t26-/m1/s1. The summed E-state index contributed by atoms with van der Waals surface area (Å²) in [6.07, 6.45) is 4.03. The van der Waals surface area contributed by atoms with Crippen molar-refractivity contribution in [3.05, 3.63) is 88.2 Å². The Morgan fingerprint density at radius 3 is 2.51 bits per heavy atom. The van der Waals surface area contributed by atoms with Crippen LogP contribution in [0.4, 0.5) is 16.3 Å². The lowest BCUT2D eigenvalue weighted by Gasteiger charge is -2.24. The molecule has 1 atom stereocenters. The molecule has 1 saturated heterocycles. The van der Waals surface area contributed by atoms with Crippen molar-refractivity contribution in [3.8, 4) is 21.7 Å². The molecule has 5 aromatic rings. The number of carboxylic acids is 1. The summed E-state index contributed by atoms with van der Waals surface area (Å²) in [6.45, 7) is 12.9. The molecule has 2 N–H and O–H groups in total. The number of aliphatic carboxylic acids is 1. The number of amides is 1. The van der Waals surface area contributed by atoms with Gasteiger partial charge in [0.05, 0.1) is 24.7 Å². The minimum atomic E-state index is -0.722. The number of nitrogens with zero attached hydrogens (tertiary/aromatic N) is 5. The second-order valence-electron chi connectivity index (χ2n) is 13.9. The van der Waals surface area contributed by atoms with Crippen LogP contribution in [0.15, 0.2) is 60.9 Å². The highest BCUT2D eigenvalue weighted by molar-refractivity contribution is 7.15. The van der Waals surface area contributed by atoms with E-state index in [1.807, 2.05) is 33.0 Å². The minimum absolute atomic E-state index is 0.300. The molecule has 0 saturated carbocycles. The van der Waals surface area contributed by atoms with Crippen LogP contribution in [-0.4, -0.2) is 60.6 Å². The molecule has 0 bridgehead atoms. The Balaban J connectivity index is 1.10. The maximum absolute atomic E-state index is 12.6. The van der Waals surface area contributed by atoms with E-state index in [9.17, 15) is 14.7 Å². The molecule has 10 nitrogen and oxygen atoms in total. The van der Waals surface area contributed by atoms with Gasteiger partial charge in [0.2, 0.25) is 0 Å². The lowest BCUT2D eigenvalue weighted by atomic mass is 9.93. The van der Waals surface area contributed by atoms with E-state index in [0.717, 1.165) is 72.1 Å². The summed E-state index contributed by atoms with van der Waals surface area (Å²) in [4.78, 5) is 43.4. The lowest BCUT2D eigenvalue weighted by molar-refractivity contribution is -0.141. The van der Waals surface area contributed by atoms with Crippen molar-refractivity contribution in [2.45, 2.75) is 66.3 Å². The number of anilines is 2. The van der Waals surface area contributed by atoms with Crippen molar-refractivity contribution in [2.75, 3.05) is 18.4 Å². The molecule has 2 aliphatic heterocycles. The Morgan fingerprint density at radius 2 is 1.78 bits per heavy atom. The highest BCUT2D eigenvalue weighted by Crippen LogP contribution is 2.40. The zero-order chi connectivity index (χ0) is 34.4.